The van der Waals surface area contributed by atoms with Gasteiger partial charge in [0, 0.05) is 24.2 Å². The third-order valence-corrected chi connectivity index (χ3v) is 10.9. The number of carbonyl (C=O) groups is 2. The molecule has 1 atom stereocenters. The van der Waals surface area contributed by atoms with Crippen LogP contribution in [0, 0.1) is 11.3 Å². The van der Waals surface area contributed by atoms with Gasteiger partial charge in [-0.1, -0.05) is 161 Å². The molecule has 55 heavy (non-hydrogen) atoms. The van der Waals surface area contributed by atoms with Gasteiger partial charge in [0.25, 0.3) is 0 Å². The lowest BCUT2D eigenvalue weighted by atomic mass is 9.78. The third kappa shape index (κ3) is 9.01. The lowest BCUT2D eigenvalue weighted by Crippen LogP contribution is -2.65. The first kappa shape index (κ1) is 38.6. The molecule has 8 nitrogen and oxygen atoms in total. The topological polar surface area (TPSA) is 95.2 Å². The molecule has 1 fully saturated rings. The van der Waals surface area contributed by atoms with Crippen molar-refractivity contribution >= 4 is 33.2 Å². The Balaban J connectivity index is 1.51. The average molecular weight is 747 g/mol. The van der Waals surface area contributed by atoms with E-state index in [9.17, 15) is 14.9 Å². The number of aliphatic imine (C=N–C) groups is 1. The summed E-state index contributed by atoms with van der Waals surface area (Å²) in [7, 11) is -1.27. The second kappa shape index (κ2) is 17.4. The Kier molecular flexibility index (Phi) is 12.2. The summed E-state index contributed by atoms with van der Waals surface area (Å²) in [6, 6.07) is 46.9. The normalized spacial score (nSPS) is 14.7. The van der Waals surface area contributed by atoms with Gasteiger partial charge in [-0.15, -0.1) is 0 Å². The summed E-state index contributed by atoms with van der Waals surface area (Å²) in [5.74, 6) is -0.257. The molecule has 0 unspecified atom stereocenters. The van der Waals surface area contributed by atoms with Crippen molar-refractivity contribution in [3.05, 3.63) is 186 Å². The fourth-order valence-corrected chi connectivity index (χ4v) is 8.08. The number of carbonyl (C=O) groups excluding carboxylic acids is 2. The highest BCUT2D eigenvalue weighted by molar-refractivity contribution is 6.32. The van der Waals surface area contributed by atoms with Crippen molar-refractivity contribution in [2.45, 2.75) is 44.0 Å². The third-order valence-electron chi connectivity index (χ3n) is 9.47. The summed E-state index contributed by atoms with van der Waals surface area (Å²) in [5, 5.41) is 10.1. The van der Waals surface area contributed by atoms with E-state index in [0.717, 1.165) is 33.5 Å². The zero-order valence-electron chi connectivity index (χ0n) is 31.6. The lowest BCUT2D eigenvalue weighted by Gasteiger charge is -2.51. The number of ether oxygens (including phenoxy) is 1. The number of amides is 2. The molecule has 9 heteroatoms. The highest BCUT2D eigenvalue weighted by Gasteiger charge is 2.51. The predicted molar refractivity (Wildman–Crippen MR) is 220 cm³/mol. The molecule has 0 bridgehead atoms. The molecule has 5 aromatic carbocycles. The van der Waals surface area contributed by atoms with E-state index in [1.807, 2.05) is 138 Å². The first-order chi connectivity index (χ1) is 26.6. The van der Waals surface area contributed by atoms with Gasteiger partial charge in [-0.3, -0.25) is 9.69 Å². The molecule has 1 aliphatic rings. The van der Waals surface area contributed by atoms with Gasteiger partial charge in [0.2, 0.25) is 5.91 Å². The van der Waals surface area contributed by atoms with Gasteiger partial charge >= 0.3 is 6.09 Å². The quantitative estimate of drug-likeness (QED) is 0.0727. The van der Waals surface area contributed by atoms with Crippen LogP contribution in [0.3, 0.4) is 0 Å². The van der Waals surface area contributed by atoms with Crippen LogP contribution >= 0.6 is 0 Å². The molecule has 0 aliphatic carbocycles. The number of piperazine rings is 1. The molecule has 1 heterocycles. The molecular formula is C46H46N4O4Si. The largest absolute Gasteiger partial charge is 0.445 e. The Morgan fingerprint density at radius 3 is 1.93 bits per heavy atom. The Morgan fingerprint density at radius 1 is 0.873 bits per heavy atom. The maximum Gasteiger partial charge on any atom is 0.410 e. The molecule has 1 saturated heterocycles. The van der Waals surface area contributed by atoms with E-state index in [1.165, 1.54) is 11.0 Å². The lowest BCUT2D eigenvalue weighted by molar-refractivity contribution is -0.147. The molecule has 0 spiro atoms. The molecule has 6 rings (SSSR count). The molecule has 0 N–H and O–H groups in total. The van der Waals surface area contributed by atoms with Crippen LogP contribution in [0.25, 0.3) is 0 Å². The predicted octanol–water partition coefficient (Wildman–Crippen LogP) is 8.33. The van der Waals surface area contributed by atoms with E-state index in [4.69, 9.17) is 14.2 Å². The highest BCUT2D eigenvalue weighted by atomic mass is 28.2. The summed E-state index contributed by atoms with van der Waals surface area (Å²) >= 11 is 0. The van der Waals surface area contributed by atoms with Crippen LogP contribution in [0.15, 0.2) is 157 Å². The summed E-state index contributed by atoms with van der Waals surface area (Å²) in [6.07, 6.45) is 0.917. The SMILES string of the molecule is C=CCOC(=O)N1CC(=O)N(Cc2ccc(C#N)c(N=C(c3ccccc3)c3ccccc3)c2)[C@@H](C(O[SiH2]C(C)(C)C)(c2ccccc2)c2ccccc2)C1. The van der Waals surface area contributed by atoms with Gasteiger partial charge in [-0.2, -0.15) is 5.26 Å². The van der Waals surface area contributed by atoms with Crippen LogP contribution in [0.4, 0.5) is 10.5 Å². The van der Waals surface area contributed by atoms with Gasteiger partial charge in [0.1, 0.15) is 24.8 Å². The molecule has 1 aliphatic heterocycles. The monoisotopic (exact) mass is 746 g/mol. The summed E-state index contributed by atoms with van der Waals surface area (Å²) in [4.78, 5) is 36.5. The minimum Gasteiger partial charge on any atom is -0.445 e. The Labute approximate surface area is 326 Å². The van der Waals surface area contributed by atoms with Gasteiger partial charge < -0.3 is 14.1 Å². The van der Waals surface area contributed by atoms with Crippen LogP contribution in [0.2, 0.25) is 5.04 Å². The van der Waals surface area contributed by atoms with E-state index in [-0.39, 0.29) is 37.2 Å². The van der Waals surface area contributed by atoms with Crippen LogP contribution in [-0.4, -0.2) is 63.0 Å². The zero-order chi connectivity index (χ0) is 38.8. The summed E-state index contributed by atoms with van der Waals surface area (Å²) < 4.78 is 12.8. The van der Waals surface area contributed by atoms with Gasteiger partial charge in [0.15, 0.2) is 9.76 Å². The number of benzene rings is 5. The fraction of sp³-hybridized carbons (Fsp3) is 0.217. The Hall–Kier alpha value is -6.08. The van der Waals surface area contributed by atoms with Crippen molar-refractivity contribution < 1.29 is 18.8 Å². The van der Waals surface area contributed by atoms with E-state index >= 15 is 0 Å². The number of hydrogen-bond acceptors (Lipinski definition) is 6. The average Bonchev–Trinajstić information content (AvgIpc) is 3.21. The van der Waals surface area contributed by atoms with Crippen molar-refractivity contribution in [3.63, 3.8) is 0 Å². The number of nitriles is 1. The highest BCUT2D eigenvalue weighted by Crippen LogP contribution is 2.43. The fourth-order valence-electron chi connectivity index (χ4n) is 6.89. The van der Waals surface area contributed by atoms with Crippen LogP contribution < -0.4 is 0 Å². The maximum atomic E-state index is 14.6. The smallest absolute Gasteiger partial charge is 0.410 e. The summed E-state index contributed by atoms with van der Waals surface area (Å²) in [6.45, 7) is 10.4. The standard InChI is InChI=1S/C46H46N4O4Si/c1-5-28-53-44(52)49-32-41(46(54-55-45(2,3)4,38-22-14-8-15-23-38)39-24-16-9-17-25-39)50(42(51)33-49)31-34-26-27-37(30-47)40(29-34)48-43(35-18-10-6-11-19-35)36-20-12-7-13-21-36/h5-27,29,41H,1,28,31-33,55H2,2-4H3/t41-/m1/s1. The summed E-state index contributed by atoms with van der Waals surface area (Å²) in [5.41, 5.74) is 4.84. The van der Waals surface area contributed by atoms with Crippen molar-refractivity contribution in [1.82, 2.24) is 9.80 Å². The molecule has 278 valence electrons. The van der Waals surface area contributed by atoms with Gasteiger partial charge in [-0.25, -0.2) is 9.79 Å². The Bertz CT molecular complexity index is 2080. The number of hydrogen-bond donors (Lipinski definition) is 0. The zero-order valence-corrected chi connectivity index (χ0v) is 33.0. The van der Waals surface area contributed by atoms with Crippen LogP contribution in [0.1, 0.15) is 54.2 Å². The molecule has 2 amide bonds. The maximum absolute atomic E-state index is 14.6. The minimum absolute atomic E-state index is 0.0241. The minimum atomic E-state index is -1.27. The molecule has 0 saturated carbocycles. The second-order valence-corrected chi connectivity index (χ2v) is 17.5. The van der Waals surface area contributed by atoms with E-state index in [2.05, 4.69) is 33.4 Å². The second-order valence-electron chi connectivity index (χ2n) is 14.8. The van der Waals surface area contributed by atoms with Crippen molar-refractivity contribution in [3.8, 4) is 6.07 Å². The van der Waals surface area contributed by atoms with E-state index in [0.29, 0.717) is 11.3 Å². The number of nitrogens with zero attached hydrogens (tertiary/aromatic N) is 4. The molecular weight excluding hydrogens is 701 g/mol. The van der Waals surface area contributed by atoms with E-state index < -0.39 is 27.5 Å². The van der Waals surface area contributed by atoms with Crippen molar-refractivity contribution in [1.29, 1.82) is 5.26 Å². The molecule has 0 aromatic heterocycles. The first-order valence-corrected chi connectivity index (χ1v) is 19.7. The van der Waals surface area contributed by atoms with Gasteiger partial charge in [-0.05, 0) is 33.9 Å². The first-order valence-electron chi connectivity index (χ1n) is 18.4. The molecule has 0 radical (unpaired) electrons. The van der Waals surface area contributed by atoms with E-state index in [1.54, 1.807) is 6.07 Å². The van der Waals surface area contributed by atoms with Crippen molar-refractivity contribution in [2.75, 3.05) is 19.7 Å². The van der Waals surface area contributed by atoms with Gasteiger partial charge in [0.05, 0.1) is 23.0 Å². The van der Waals surface area contributed by atoms with Crippen molar-refractivity contribution in [2.24, 2.45) is 4.99 Å². The Morgan fingerprint density at radius 2 is 1.42 bits per heavy atom. The molecule has 5 aromatic rings. The number of rotatable bonds is 12. The van der Waals surface area contributed by atoms with Crippen LogP contribution in [0.5, 0.6) is 0 Å². The van der Waals surface area contributed by atoms with Crippen LogP contribution in [-0.2, 0) is 26.1 Å².